The minimum atomic E-state index is -5.35. The fourth-order valence-electron chi connectivity index (χ4n) is 0. The number of hydrogen-bond donors (Lipinski definition) is 4. The molecule has 10 heavy (non-hydrogen) atoms. The second-order valence-corrected chi connectivity index (χ2v) is 3.96. The first-order chi connectivity index (χ1) is 3.73. The van der Waals surface area contributed by atoms with Crippen LogP contribution < -0.4 is 0 Å². The van der Waals surface area contributed by atoms with Gasteiger partial charge in [0.25, 0.3) is 5.97 Å². The van der Waals surface area contributed by atoms with Crippen molar-refractivity contribution in [3.8, 4) is 0 Å². The maximum atomic E-state index is 9.00. The van der Waals surface area contributed by atoms with Crippen molar-refractivity contribution < 1.29 is 23.1 Å². The maximum absolute atomic E-state index is 9.00. The van der Waals surface area contributed by atoms with Crippen LogP contribution in [0.15, 0.2) is 0 Å². The van der Waals surface area contributed by atoms with Gasteiger partial charge in [0.2, 0.25) is 0 Å². The van der Waals surface area contributed by atoms with Crippen LogP contribution in [0.1, 0.15) is 6.92 Å². The molecule has 0 unspecified atom stereocenters. The molecule has 0 aromatic rings. The molecule has 0 rings (SSSR count). The third-order valence-electron chi connectivity index (χ3n) is 0. The number of rotatable bonds is 0. The Balaban J connectivity index is -0.0000000910. The molecule has 6 nitrogen and oxygen atoms in total. The second kappa shape index (κ2) is 8.07. The molecule has 8 heteroatoms. The van der Waals surface area contributed by atoms with Crippen molar-refractivity contribution in [3.63, 3.8) is 0 Å². The van der Waals surface area contributed by atoms with Gasteiger partial charge in [-0.1, -0.05) is 0 Å². The van der Waals surface area contributed by atoms with Crippen LogP contribution in [-0.2, 0) is 7.81 Å². The van der Waals surface area contributed by atoms with Crippen LogP contribution in [0.2, 0.25) is 0 Å². The fraction of sp³-hybridized carbons (Fsp3) is 0.500. The molecule has 0 aliphatic rings. The third-order valence-corrected chi connectivity index (χ3v) is 0. The van der Waals surface area contributed by atoms with Gasteiger partial charge in [-0.05, 0) is 0 Å². The quantitative estimate of drug-likeness (QED) is 0.356. The van der Waals surface area contributed by atoms with E-state index < -0.39 is 26.0 Å². The summed E-state index contributed by atoms with van der Waals surface area (Å²) >= 11 is -5.35. The molecule has 0 bridgehead atoms. The molecule has 0 aliphatic heterocycles. The number of hydrogen-bond acceptors (Lipinski definition) is 2. The van der Waals surface area contributed by atoms with Crippen LogP contribution in [0.5, 0.6) is 0 Å². The van der Waals surface area contributed by atoms with Crippen molar-refractivity contribution in [2.24, 2.45) is 0 Å². The Morgan fingerprint density at radius 2 is 1.30 bits per heavy atom. The fourth-order valence-corrected chi connectivity index (χ4v) is 0. The van der Waals surface area contributed by atoms with Crippen LogP contribution in [0, 0.1) is 0 Å². The van der Waals surface area contributed by atoms with Gasteiger partial charge in [0.1, 0.15) is 0 Å². The van der Waals surface area contributed by atoms with E-state index in [2.05, 4.69) is 0 Å². The summed E-state index contributed by atoms with van der Waals surface area (Å²) in [5, 5.41) is 7.42. The van der Waals surface area contributed by atoms with Gasteiger partial charge in [-0.15, -0.1) is 0 Å². The molecule has 4 N–H and O–H groups in total. The molecule has 0 radical (unpaired) electrons. The summed E-state index contributed by atoms with van der Waals surface area (Å²) in [6.45, 7) is 1.08. The zero-order chi connectivity index (χ0) is 8.08. The molecule has 0 atom stereocenters. The van der Waals surface area contributed by atoms with Crippen molar-refractivity contribution >= 4 is 55.6 Å². The van der Waals surface area contributed by atoms with Gasteiger partial charge in [0, 0.05) is 6.92 Å². The van der Waals surface area contributed by atoms with E-state index >= 15 is 0 Å². The van der Waals surface area contributed by atoms with E-state index in [4.69, 9.17) is 23.1 Å². The molecular weight excluding hydrogens is 265 g/mol. The summed E-state index contributed by atoms with van der Waals surface area (Å²) < 4.78 is 30.8. The Hall–Kier alpha value is 0.968. The zero-order valence-electron chi connectivity index (χ0n) is 4.55. The number of aliphatic carboxylic acids is 1. The van der Waals surface area contributed by atoms with Crippen molar-refractivity contribution in [2.75, 3.05) is 0 Å². The molecule has 0 aromatic carbocycles. The van der Waals surface area contributed by atoms with Crippen molar-refractivity contribution in [2.45, 2.75) is 6.92 Å². The van der Waals surface area contributed by atoms with Crippen molar-refractivity contribution in [1.82, 2.24) is 0 Å². The van der Waals surface area contributed by atoms with Gasteiger partial charge in [-0.3, -0.25) is 4.79 Å². The molecule has 0 fully saturated rings. The monoisotopic (exact) mass is 272 g/mol. The summed E-state index contributed by atoms with van der Waals surface area (Å²) in [5.74, 6) is -0.833. The van der Waals surface area contributed by atoms with Crippen molar-refractivity contribution in [1.29, 1.82) is 0 Å². The average molecular weight is 273 g/mol. The average Bonchev–Trinajstić information content (AvgIpc) is 1.19. The SMILES string of the molecule is CC(=O)O.[NaH].[O]=[Sb]([OH])([OH])[OH]. The van der Waals surface area contributed by atoms with Gasteiger partial charge in [-0.25, -0.2) is 0 Å². The van der Waals surface area contributed by atoms with E-state index in [0.717, 1.165) is 6.92 Å². The Morgan fingerprint density at radius 3 is 1.30 bits per heavy atom. The Labute approximate surface area is 84.9 Å². The van der Waals surface area contributed by atoms with Crippen LogP contribution >= 0.6 is 0 Å². The normalized spacial score (nSPS) is 8.40. The molecule has 0 heterocycles. The van der Waals surface area contributed by atoms with E-state index in [1.165, 1.54) is 0 Å². The van der Waals surface area contributed by atoms with Gasteiger partial charge < -0.3 is 5.11 Å². The summed E-state index contributed by atoms with van der Waals surface area (Å²) in [6, 6.07) is 0. The van der Waals surface area contributed by atoms with Crippen LogP contribution in [0.25, 0.3) is 0 Å². The van der Waals surface area contributed by atoms with Gasteiger partial charge >= 0.3 is 62.8 Å². The van der Waals surface area contributed by atoms with Gasteiger partial charge in [0.05, 0.1) is 0 Å². The predicted octanol–water partition coefficient (Wildman–Crippen LogP) is -2.73. The van der Waals surface area contributed by atoms with Crippen molar-refractivity contribution in [3.05, 3.63) is 0 Å². The first kappa shape index (κ1) is 17.2. The van der Waals surface area contributed by atoms with E-state index in [0.29, 0.717) is 0 Å². The second-order valence-electron chi connectivity index (χ2n) is 1.03. The van der Waals surface area contributed by atoms with Gasteiger partial charge in [-0.2, -0.15) is 0 Å². The number of carbonyl (C=O) groups is 1. The van der Waals surface area contributed by atoms with Crippen LogP contribution in [-0.4, -0.2) is 70.8 Å². The Kier molecular flexibility index (Phi) is 13.8. The Morgan fingerprint density at radius 1 is 1.30 bits per heavy atom. The van der Waals surface area contributed by atoms with E-state index in [1.807, 2.05) is 0 Å². The summed E-state index contributed by atoms with van der Waals surface area (Å²) in [4.78, 5) is 9.00. The minimum absolute atomic E-state index is 0. The van der Waals surface area contributed by atoms with Crippen LogP contribution in [0.3, 0.4) is 0 Å². The molecule has 0 aliphatic carbocycles. The first-order valence-corrected chi connectivity index (χ1v) is 6.18. The third kappa shape index (κ3) is 607. The number of carboxylic acid groups (broad SMARTS) is 1. The molecule has 0 saturated heterocycles. The van der Waals surface area contributed by atoms with Crippen LogP contribution in [0.4, 0.5) is 0 Å². The molecular formula is C2H8NaO6Sb. The molecule has 58 valence electrons. The molecule has 0 amide bonds. The molecule has 0 spiro atoms. The topological polar surface area (TPSA) is 115 Å². The van der Waals surface area contributed by atoms with E-state index in [9.17, 15) is 0 Å². The summed E-state index contributed by atoms with van der Waals surface area (Å²) in [6.07, 6.45) is 0. The van der Waals surface area contributed by atoms with E-state index in [-0.39, 0.29) is 29.6 Å². The first-order valence-electron chi connectivity index (χ1n) is 1.71. The molecule has 0 aromatic heterocycles. The van der Waals surface area contributed by atoms with E-state index in [1.54, 1.807) is 0 Å². The summed E-state index contributed by atoms with van der Waals surface area (Å²) in [5.41, 5.74) is 0. The summed E-state index contributed by atoms with van der Waals surface area (Å²) in [7, 11) is 0. The number of carboxylic acids is 1. The van der Waals surface area contributed by atoms with Gasteiger partial charge in [0.15, 0.2) is 0 Å². The standard InChI is InChI=1S/C2H4O2.Na.3H2O.O.Sb.H/c1-2(3)4;;;;;;;/h1H3,(H,3,4);;3*1H2;;;/q;;;;;;+3;/p-3. The zero-order valence-corrected chi connectivity index (χ0v) is 7.11. The predicted molar refractivity (Wildman–Crippen MR) is 33.6 cm³/mol. The molecule has 0 saturated carbocycles. The Bertz CT molecular complexity index is 115.